The predicted molar refractivity (Wildman–Crippen MR) is 93.2 cm³/mol. The van der Waals surface area contributed by atoms with Crippen LogP contribution in [0.15, 0.2) is 35.2 Å². The van der Waals surface area contributed by atoms with Gasteiger partial charge >= 0.3 is 0 Å². The van der Waals surface area contributed by atoms with Crippen LogP contribution in [0.25, 0.3) is 0 Å². The smallest absolute Gasteiger partial charge is 0.171 e. The fourth-order valence-corrected chi connectivity index (χ4v) is 2.21. The van der Waals surface area contributed by atoms with E-state index >= 15 is 0 Å². The molecule has 0 saturated carbocycles. The third kappa shape index (κ3) is 5.47. The number of nitrogens with one attached hydrogen (secondary N) is 1. The van der Waals surface area contributed by atoms with Crippen LogP contribution >= 0.6 is 11.6 Å². The first-order valence-electron chi connectivity index (χ1n) is 7.96. The molecule has 24 heavy (non-hydrogen) atoms. The summed E-state index contributed by atoms with van der Waals surface area (Å²) in [4.78, 5) is 1.79. The highest BCUT2D eigenvalue weighted by Crippen LogP contribution is 2.29. The molecule has 2 N–H and O–H groups in total. The molecule has 0 aliphatic carbocycles. The largest absolute Gasteiger partial charge is 0.487 e. The van der Waals surface area contributed by atoms with Gasteiger partial charge in [0.05, 0.1) is 0 Å². The summed E-state index contributed by atoms with van der Waals surface area (Å²) in [6.45, 7) is 5.36. The van der Waals surface area contributed by atoms with Crippen LogP contribution in [0.4, 0.5) is 0 Å². The lowest BCUT2D eigenvalue weighted by molar-refractivity contribution is 0.101. The van der Waals surface area contributed by atoms with Crippen molar-refractivity contribution in [1.29, 1.82) is 0 Å². The highest BCUT2D eigenvalue weighted by molar-refractivity contribution is 6.29. The molecule has 0 bridgehead atoms. The lowest BCUT2D eigenvalue weighted by Gasteiger charge is -2.17. The standard InChI is InChI=1S/C17H25ClN2O4/c1-12(2)19-8-13(21)9-22-14-6-4-5-7-15(14)23-10-16-17(18)20(3)11-24-16/h4-7,12-13,19,21H,8-11H2,1-3H3. The molecule has 0 saturated heterocycles. The van der Waals surface area contributed by atoms with Gasteiger partial charge in [-0.25, -0.2) is 0 Å². The minimum absolute atomic E-state index is 0.183. The Hall–Kier alpha value is -1.63. The Bertz CT molecular complexity index is 565. The molecule has 1 unspecified atom stereocenters. The van der Waals surface area contributed by atoms with Gasteiger partial charge in [0.2, 0.25) is 0 Å². The van der Waals surface area contributed by atoms with Crippen molar-refractivity contribution in [3.05, 3.63) is 35.2 Å². The van der Waals surface area contributed by atoms with E-state index in [2.05, 4.69) is 5.32 Å². The molecule has 0 spiro atoms. The number of rotatable bonds is 9. The molecule has 0 aromatic heterocycles. The van der Waals surface area contributed by atoms with Gasteiger partial charge in [0.1, 0.15) is 24.5 Å². The third-order valence-corrected chi connectivity index (χ3v) is 3.90. The number of para-hydroxylation sites is 2. The van der Waals surface area contributed by atoms with Gasteiger partial charge in [-0.05, 0) is 12.1 Å². The van der Waals surface area contributed by atoms with Crippen LogP contribution in [0.2, 0.25) is 0 Å². The van der Waals surface area contributed by atoms with Crippen LogP contribution in [0.3, 0.4) is 0 Å². The summed E-state index contributed by atoms with van der Waals surface area (Å²) in [6.07, 6.45) is -0.593. The molecule has 1 aromatic carbocycles. The maximum Gasteiger partial charge on any atom is 0.171 e. The lowest BCUT2D eigenvalue weighted by atomic mass is 10.3. The summed E-state index contributed by atoms with van der Waals surface area (Å²) >= 11 is 6.13. The summed E-state index contributed by atoms with van der Waals surface area (Å²) in [5.74, 6) is 1.75. The number of hydrogen-bond acceptors (Lipinski definition) is 6. The highest BCUT2D eigenvalue weighted by atomic mass is 35.5. The van der Waals surface area contributed by atoms with Crippen LogP contribution in [0, 0.1) is 0 Å². The second-order valence-electron chi connectivity index (χ2n) is 5.95. The molecule has 1 aliphatic heterocycles. The first-order chi connectivity index (χ1) is 11.5. The van der Waals surface area contributed by atoms with E-state index in [0.29, 0.717) is 41.7 Å². The van der Waals surface area contributed by atoms with Gasteiger partial charge in [0.15, 0.2) is 24.0 Å². The summed E-state index contributed by atoms with van der Waals surface area (Å²) in [5, 5.41) is 13.6. The second-order valence-corrected chi connectivity index (χ2v) is 6.31. The number of ether oxygens (including phenoxy) is 3. The monoisotopic (exact) mass is 356 g/mol. The van der Waals surface area contributed by atoms with Crippen LogP contribution in [-0.4, -0.2) is 55.7 Å². The number of nitrogens with zero attached hydrogens (tertiary/aromatic N) is 1. The molecule has 0 fully saturated rings. The van der Waals surface area contributed by atoms with E-state index in [9.17, 15) is 5.11 Å². The maximum atomic E-state index is 9.94. The van der Waals surface area contributed by atoms with Crippen molar-refractivity contribution in [2.75, 3.05) is 33.5 Å². The Morgan fingerprint density at radius 3 is 2.54 bits per heavy atom. The van der Waals surface area contributed by atoms with Gasteiger partial charge < -0.3 is 29.5 Å². The zero-order valence-electron chi connectivity index (χ0n) is 14.3. The quantitative estimate of drug-likeness (QED) is 0.661. The summed E-state index contributed by atoms with van der Waals surface area (Å²) in [7, 11) is 1.85. The van der Waals surface area contributed by atoms with E-state index in [4.69, 9.17) is 25.8 Å². The zero-order valence-corrected chi connectivity index (χ0v) is 15.0. The Morgan fingerprint density at radius 2 is 1.96 bits per heavy atom. The van der Waals surface area contributed by atoms with Crippen molar-refractivity contribution in [3.63, 3.8) is 0 Å². The van der Waals surface area contributed by atoms with Crippen molar-refractivity contribution in [2.24, 2.45) is 0 Å². The Balaban J connectivity index is 1.88. The van der Waals surface area contributed by atoms with E-state index in [0.717, 1.165) is 0 Å². The van der Waals surface area contributed by atoms with E-state index in [1.807, 2.05) is 33.0 Å². The van der Waals surface area contributed by atoms with Crippen molar-refractivity contribution in [1.82, 2.24) is 10.2 Å². The molecule has 1 aliphatic rings. The molecular weight excluding hydrogens is 332 g/mol. The van der Waals surface area contributed by atoms with Crippen LogP contribution < -0.4 is 14.8 Å². The van der Waals surface area contributed by atoms with E-state index in [1.165, 1.54) is 0 Å². The van der Waals surface area contributed by atoms with Gasteiger partial charge in [-0.15, -0.1) is 0 Å². The van der Waals surface area contributed by atoms with Gasteiger partial charge in [0, 0.05) is 19.6 Å². The lowest BCUT2D eigenvalue weighted by Crippen LogP contribution is -2.35. The van der Waals surface area contributed by atoms with Crippen molar-refractivity contribution in [3.8, 4) is 11.5 Å². The van der Waals surface area contributed by atoms with Gasteiger partial charge in [0.25, 0.3) is 0 Å². The predicted octanol–water partition coefficient (Wildman–Crippen LogP) is 2.13. The van der Waals surface area contributed by atoms with E-state index in [-0.39, 0.29) is 13.2 Å². The molecular formula is C17H25ClN2O4. The van der Waals surface area contributed by atoms with Crippen LogP contribution in [0.5, 0.6) is 11.5 Å². The van der Waals surface area contributed by atoms with Crippen LogP contribution in [-0.2, 0) is 4.74 Å². The number of hydrogen-bond donors (Lipinski definition) is 2. The first kappa shape index (κ1) is 18.7. The molecule has 0 amide bonds. The fraction of sp³-hybridized carbons (Fsp3) is 0.529. The number of benzene rings is 1. The zero-order chi connectivity index (χ0) is 17.5. The first-order valence-corrected chi connectivity index (χ1v) is 8.33. The van der Waals surface area contributed by atoms with Gasteiger partial charge in [-0.3, -0.25) is 0 Å². The number of aliphatic hydroxyl groups is 1. The maximum absolute atomic E-state index is 9.94. The molecule has 1 atom stereocenters. The third-order valence-electron chi connectivity index (χ3n) is 3.40. The minimum atomic E-state index is -0.593. The molecule has 1 heterocycles. The van der Waals surface area contributed by atoms with Gasteiger partial charge in [-0.2, -0.15) is 0 Å². The molecule has 7 heteroatoms. The Morgan fingerprint density at radius 1 is 1.29 bits per heavy atom. The summed E-state index contributed by atoms with van der Waals surface area (Å²) in [5.41, 5.74) is 0. The number of halogens is 1. The molecule has 2 rings (SSSR count). The second kappa shape index (κ2) is 9.01. The summed E-state index contributed by atoms with van der Waals surface area (Å²) < 4.78 is 16.9. The highest BCUT2D eigenvalue weighted by Gasteiger charge is 2.20. The molecule has 134 valence electrons. The Labute approximate surface area is 147 Å². The fourth-order valence-electron chi connectivity index (χ4n) is 2.05. The average Bonchev–Trinajstić information content (AvgIpc) is 2.88. The van der Waals surface area contributed by atoms with Gasteiger partial charge in [-0.1, -0.05) is 37.6 Å². The SMILES string of the molecule is CC(C)NCC(O)COc1ccccc1OCC1=C(Cl)N(C)CO1. The van der Waals surface area contributed by atoms with E-state index < -0.39 is 6.10 Å². The Kier molecular flexibility index (Phi) is 7.02. The summed E-state index contributed by atoms with van der Waals surface area (Å²) in [6, 6.07) is 7.64. The van der Waals surface area contributed by atoms with Crippen molar-refractivity contribution < 1.29 is 19.3 Å². The topological polar surface area (TPSA) is 63.2 Å². The normalized spacial score (nSPS) is 15.7. The molecule has 6 nitrogen and oxygen atoms in total. The number of aliphatic hydroxyl groups excluding tert-OH is 1. The van der Waals surface area contributed by atoms with Crippen LogP contribution in [0.1, 0.15) is 13.8 Å². The average molecular weight is 357 g/mol. The van der Waals surface area contributed by atoms with Crippen molar-refractivity contribution in [2.45, 2.75) is 26.0 Å². The van der Waals surface area contributed by atoms with Crippen molar-refractivity contribution >= 4 is 11.6 Å². The molecule has 0 radical (unpaired) electrons. The van der Waals surface area contributed by atoms with E-state index in [1.54, 1.807) is 17.0 Å². The minimum Gasteiger partial charge on any atom is -0.487 e. The molecule has 1 aromatic rings.